The van der Waals surface area contributed by atoms with E-state index in [1.54, 1.807) is 0 Å². The summed E-state index contributed by atoms with van der Waals surface area (Å²) in [5.74, 6) is 6.61. The lowest BCUT2D eigenvalue weighted by atomic mass is 9.70. The summed E-state index contributed by atoms with van der Waals surface area (Å²) in [6, 6.07) is 10.2. The van der Waals surface area contributed by atoms with Crippen LogP contribution in [0.1, 0.15) is 40.2 Å². The van der Waals surface area contributed by atoms with Crippen LogP contribution in [0.2, 0.25) is 0 Å². The van der Waals surface area contributed by atoms with E-state index in [-0.39, 0.29) is 10.8 Å². The molecule has 0 heterocycles. The van der Waals surface area contributed by atoms with Crippen molar-refractivity contribution in [2.45, 2.75) is 34.6 Å². The Morgan fingerprint density at radius 1 is 0.867 bits per heavy atom. The fourth-order valence-electron chi connectivity index (χ4n) is 0.937. The fourth-order valence-corrected chi connectivity index (χ4v) is 0.937. The van der Waals surface area contributed by atoms with E-state index in [0.717, 1.165) is 5.56 Å². The third-order valence-electron chi connectivity index (χ3n) is 3.17. The molecule has 1 aromatic rings. The molecule has 1 rings (SSSR count). The summed E-state index contributed by atoms with van der Waals surface area (Å²) in [6.07, 6.45) is 0. The normalized spacial score (nSPS) is 11.8. The van der Waals surface area contributed by atoms with E-state index < -0.39 is 0 Å². The van der Waals surface area contributed by atoms with Gasteiger partial charge in [-0.15, -0.1) is 0 Å². The smallest absolute Gasteiger partial charge is 0.0310 e. The van der Waals surface area contributed by atoms with Crippen molar-refractivity contribution in [1.29, 1.82) is 0 Å². The van der Waals surface area contributed by atoms with Crippen molar-refractivity contribution in [3.8, 4) is 11.8 Å². The molecule has 0 heteroatoms. The van der Waals surface area contributed by atoms with Gasteiger partial charge in [-0.05, 0) is 31.4 Å². The molecule has 0 spiro atoms. The molecule has 0 radical (unpaired) electrons. The van der Waals surface area contributed by atoms with E-state index in [4.69, 9.17) is 0 Å². The minimum absolute atomic E-state index is 0.0306. The molecule has 0 aliphatic heterocycles. The lowest BCUT2D eigenvalue weighted by Gasteiger charge is -2.33. The SMILES string of the molecule is CC(C)(C)C(C)(C)C#Cc1ccccc1. The first-order valence-electron chi connectivity index (χ1n) is 5.41. The summed E-state index contributed by atoms with van der Waals surface area (Å²) in [6.45, 7) is 11.1. The van der Waals surface area contributed by atoms with Gasteiger partial charge in [-0.2, -0.15) is 0 Å². The average Bonchev–Trinajstić information content (AvgIpc) is 2.15. The second-order valence-electron chi connectivity index (χ2n) is 5.49. The van der Waals surface area contributed by atoms with Crippen LogP contribution < -0.4 is 0 Å². The van der Waals surface area contributed by atoms with Gasteiger partial charge in [0.1, 0.15) is 0 Å². The minimum atomic E-state index is 0.0306. The van der Waals surface area contributed by atoms with Gasteiger partial charge in [0.25, 0.3) is 0 Å². The van der Waals surface area contributed by atoms with E-state index in [9.17, 15) is 0 Å². The number of benzene rings is 1. The standard InChI is InChI=1S/C15H20/c1-14(2,3)15(4,5)12-11-13-9-7-6-8-10-13/h6-10H,1-5H3. The predicted octanol–water partition coefficient (Wildman–Crippen LogP) is 4.11. The molecule has 0 bridgehead atoms. The number of hydrogen-bond donors (Lipinski definition) is 0. The van der Waals surface area contributed by atoms with Gasteiger partial charge in [-0.25, -0.2) is 0 Å². The maximum Gasteiger partial charge on any atom is 0.0310 e. The zero-order valence-electron chi connectivity index (χ0n) is 10.4. The summed E-state index contributed by atoms with van der Waals surface area (Å²) >= 11 is 0. The lowest BCUT2D eigenvalue weighted by Crippen LogP contribution is -2.27. The molecule has 0 aliphatic carbocycles. The molecule has 15 heavy (non-hydrogen) atoms. The van der Waals surface area contributed by atoms with Crippen LogP contribution in [-0.2, 0) is 0 Å². The molecule has 0 aliphatic rings. The van der Waals surface area contributed by atoms with Crippen molar-refractivity contribution in [1.82, 2.24) is 0 Å². The highest BCUT2D eigenvalue weighted by Crippen LogP contribution is 2.36. The Hall–Kier alpha value is -1.22. The quantitative estimate of drug-likeness (QED) is 0.553. The van der Waals surface area contributed by atoms with E-state index in [2.05, 4.69) is 46.5 Å². The van der Waals surface area contributed by atoms with Crippen LogP contribution in [0.5, 0.6) is 0 Å². The maximum atomic E-state index is 3.37. The molecule has 80 valence electrons. The van der Waals surface area contributed by atoms with Crippen molar-refractivity contribution < 1.29 is 0 Å². The largest absolute Gasteiger partial charge is 0.0911 e. The Balaban J connectivity index is 2.92. The molecule has 0 saturated carbocycles. The molecular weight excluding hydrogens is 180 g/mol. The second-order valence-corrected chi connectivity index (χ2v) is 5.49. The summed E-state index contributed by atoms with van der Waals surface area (Å²) < 4.78 is 0. The molecule has 1 aromatic carbocycles. The Bertz CT molecular complexity index is 366. The Morgan fingerprint density at radius 2 is 1.40 bits per heavy atom. The van der Waals surface area contributed by atoms with Gasteiger partial charge in [0.2, 0.25) is 0 Å². The van der Waals surface area contributed by atoms with Gasteiger partial charge in [0.05, 0.1) is 0 Å². The van der Waals surface area contributed by atoms with Crippen LogP contribution >= 0.6 is 0 Å². The lowest BCUT2D eigenvalue weighted by molar-refractivity contribution is 0.205. The van der Waals surface area contributed by atoms with E-state index in [1.165, 1.54) is 0 Å². The number of rotatable bonds is 0. The molecule has 0 atom stereocenters. The van der Waals surface area contributed by atoms with Crippen LogP contribution in [-0.4, -0.2) is 0 Å². The molecule has 0 unspecified atom stereocenters. The van der Waals surface area contributed by atoms with Crippen molar-refractivity contribution in [2.75, 3.05) is 0 Å². The topological polar surface area (TPSA) is 0 Å². The fraction of sp³-hybridized carbons (Fsp3) is 0.467. The Kier molecular flexibility index (Phi) is 3.25. The van der Waals surface area contributed by atoms with Crippen LogP contribution in [0.4, 0.5) is 0 Å². The van der Waals surface area contributed by atoms with Crippen LogP contribution in [0.15, 0.2) is 30.3 Å². The van der Waals surface area contributed by atoms with Gasteiger partial charge >= 0.3 is 0 Å². The van der Waals surface area contributed by atoms with E-state index in [1.807, 2.05) is 30.3 Å². The first-order valence-corrected chi connectivity index (χ1v) is 5.41. The zero-order chi connectivity index (χ0) is 11.5. The van der Waals surface area contributed by atoms with Gasteiger partial charge < -0.3 is 0 Å². The second kappa shape index (κ2) is 4.11. The van der Waals surface area contributed by atoms with Crippen molar-refractivity contribution >= 4 is 0 Å². The van der Waals surface area contributed by atoms with E-state index >= 15 is 0 Å². The molecular formula is C15H20. The number of hydrogen-bond acceptors (Lipinski definition) is 0. The maximum absolute atomic E-state index is 3.37. The van der Waals surface area contributed by atoms with E-state index in [0.29, 0.717) is 0 Å². The van der Waals surface area contributed by atoms with Crippen molar-refractivity contribution in [3.63, 3.8) is 0 Å². The third-order valence-corrected chi connectivity index (χ3v) is 3.17. The molecule has 0 nitrogen and oxygen atoms in total. The highest BCUT2D eigenvalue weighted by Gasteiger charge is 2.30. The molecule has 0 aromatic heterocycles. The zero-order valence-corrected chi connectivity index (χ0v) is 10.4. The average molecular weight is 200 g/mol. The van der Waals surface area contributed by atoms with Crippen molar-refractivity contribution in [3.05, 3.63) is 35.9 Å². The van der Waals surface area contributed by atoms with Crippen LogP contribution in [0.3, 0.4) is 0 Å². The first kappa shape index (κ1) is 11.9. The monoisotopic (exact) mass is 200 g/mol. The summed E-state index contributed by atoms with van der Waals surface area (Å²) in [4.78, 5) is 0. The minimum Gasteiger partial charge on any atom is -0.0911 e. The van der Waals surface area contributed by atoms with Gasteiger partial charge in [0, 0.05) is 11.0 Å². The van der Waals surface area contributed by atoms with Gasteiger partial charge in [-0.1, -0.05) is 50.8 Å². The van der Waals surface area contributed by atoms with Gasteiger partial charge in [0.15, 0.2) is 0 Å². The first-order chi connectivity index (χ1) is 6.83. The van der Waals surface area contributed by atoms with Crippen LogP contribution in [0, 0.1) is 22.7 Å². The Labute approximate surface area is 93.7 Å². The summed E-state index contributed by atoms with van der Waals surface area (Å²) in [5.41, 5.74) is 1.33. The third kappa shape index (κ3) is 3.13. The van der Waals surface area contributed by atoms with Crippen molar-refractivity contribution in [2.24, 2.45) is 10.8 Å². The van der Waals surface area contributed by atoms with Gasteiger partial charge in [-0.3, -0.25) is 0 Å². The summed E-state index contributed by atoms with van der Waals surface area (Å²) in [5, 5.41) is 0. The molecule has 0 fully saturated rings. The molecule has 0 saturated heterocycles. The Morgan fingerprint density at radius 3 is 1.87 bits per heavy atom. The molecule has 0 amide bonds. The van der Waals surface area contributed by atoms with Crippen LogP contribution in [0.25, 0.3) is 0 Å². The highest BCUT2D eigenvalue weighted by atomic mass is 14.3. The predicted molar refractivity (Wildman–Crippen MR) is 66.6 cm³/mol. The summed E-state index contributed by atoms with van der Waals surface area (Å²) in [7, 11) is 0. The molecule has 0 N–H and O–H groups in total. The highest BCUT2D eigenvalue weighted by molar-refractivity contribution is 5.35.